The fourth-order valence-corrected chi connectivity index (χ4v) is 1.23. The average Bonchev–Trinajstić information content (AvgIpc) is 2.24. The number of hydrogen-bond donors (Lipinski definition) is 4. The Morgan fingerprint density at radius 1 is 1.50 bits per heavy atom. The van der Waals surface area contributed by atoms with Crippen LogP contribution in [0.5, 0.6) is 0 Å². The van der Waals surface area contributed by atoms with E-state index in [-0.39, 0.29) is 11.9 Å². The first-order valence-corrected chi connectivity index (χ1v) is 4.54. The van der Waals surface area contributed by atoms with Crippen LogP contribution in [0.3, 0.4) is 0 Å². The largest absolute Gasteiger partial charge is 0.409 e. The van der Waals surface area contributed by atoms with Gasteiger partial charge in [-0.25, -0.2) is 4.79 Å². The number of carbonyl (C=O) groups is 1. The van der Waals surface area contributed by atoms with Crippen molar-refractivity contribution in [1.82, 2.24) is 10.6 Å². The second kappa shape index (κ2) is 5.31. The van der Waals surface area contributed by atoms with Crippen molar-refractivity contribution >= 4 is 11.9 Å². The van der Waals surface area contributed by atoms with Gasteiger partial charge in [0.1, 0.15) is 5.54 Å². The third-order valence-electron chi connectivity index (χ3n) is 2.39. The molecule has 2 amide bonds. The number of hydrogen-bond acceptors (Lipinski definition) is 3. The van der Waals surface area contributed by atoms with Gasteiger partial charge in [0.15, 0.2) is 5.84 Å². The molecular weight excluding hydrogens is 184 g/mol. The monoisotopic (exact) mass is 202 g/mol. The summed E-state index contributed by atoms with van der Waals surface area (Å²) in [5.74, 6) is 0.0195. The lowest BCUT2D eigenvalue weighted by atomic mass is 9.91. The highest BCUT2D eigenvalue weighted by Crippen LogP contribution is 2.14. The highest BCUT2D eigenvalue weighted by atomic mass is 16.4. The zero-order valence-corrected chi connectivity index (χ0v) is 8.79. The van der Waals surface area contributed by atoms with E-state index in [1.54, 1.807) is 0 Å². The van der Waals surface area contributed by atoms with E-state index >= 15 is 0 Å². The summed E-state index contributed by atoms with van der Waals surface area (Å²) < 4.78 is 0. The minimum atomic E-state index is -0.769. The zero-order valence-electron chi connectivity index (χ0n) is 8.79. The molecule has 0 aliphatic rings. The minimum absolute atomic E-state index is 0.0195. The lowest BCUT2D eigenvalue weighted by Crippen LogP contribution is -2.58. The van der Waals surface area contributed by atoms with Crippen molar-refractivity contribution in [2.75, 3.05) is 7.05 Å². The van der Waals surface area contributed by atoms with Gasteiger partial charge < -0.3 is 21.6 Å². The molecule has 0 bridgehead atoms. The second-order valence-corrected chi connectivity index (χ2v) is 2.98. The summed E-state index contributed by atoms with van der Waals surface area (Å²) in [6.45, 7) is 3.72. The molecule has 0 aliphatic heterocycles. The Morgan fingerprint density at radius 2 is 2.00 bits per heavy atom. The van der Waals surface area contributed by atoms with Crippen molar-refractivity contribution in [3.63, 3.8) is 0 Å². The number of nitrogens with two attached hydrogens (primary N) is 1. The number of oxime groups is 1. The molecule has 0 rings (SSSR count). The van der Waals surface area contributed by atoms with Crippen LogP contribution in [-0.2, 0) is 0 Å². The van der Waals surface area contributed by atoms with E-state index in [0.29, 0.717) is 12.8 Å². The molecular formula is C8H18N4O2. The Morgan fingerprint density at radius 3 is 2.29 bits per heavy atom. The normalized spacial score (nSPS) is 12.4. The first kappa shape index (κ1) is 12.5. The molecule has 0 radical (unpaired) electrons. The number of nitrogens with zero attached hydrogens (tertiary/aromatic N) is 1. The van der Waals surface area contributed by atoms with E-state index in [9.17, 15) is 4.79 Å². The molecule has 14 heavy (non-hydrogen) atoms. The summed E-state index contributed by atoms with van der Waals surface area (Å²) in [5.41, 5.74) is 4.76. The molecule has 82 valence electrons. The summed E-state index contributed by atoms with van der Waals surface area (Å²) in [6, 6.07) is -0.347. The van der Waals surface area contributed by atoms with E-state index < -0.39 is 5.54 Å². The van der Waals surface area contributed by atoms with Crippen molar-refractivity contribution in [3.8, 4) is 0 Å². The molecule has 6 heteroatoms. The molecule has 0 spiro atoms. The predicted octanol–water partition coefficient (Wildman–Crippen LogP) is 0.221. The van der Waals surface area contributed by atoms with Crippen molar-refractivity contribution in [2.45, 2.75) is 32.2 Å². The summed E-state index contributed by atoms with van der Waals surface area (Å²) in [5, 5.41) is 16.6. The van der Waals surface area contributed by atoms with E-state index in [4.69, 9.17) is 10.9 Å². The molecule has 0 unspecified atom stereocenters. The topological polar surface area (TPSA) is 99.7 Å². The Labute approximate surface area is 83.5 Å². The van der Waals surface area contributed by atoms with E-state index in [0.717, 1.165) is 0 Å². The quantitative estimate of drug-likeness (QED) is 0.227. The van der Waals surface area contributed by atoms with E-state index in [2.05, 4.69) is 15.8 Å². The predicted molar refractivity (Wildman–Crippen MR) is 54.3 cm³/mol. The van der Waals surface area contributed by atoms with E-state index in [1.165, 1.54) is 7.05 Å². The van der Waals surface area contributed by atoms with Crippen LogP contribution < -0.4 is 16.4 Å². The van der Waals surface area contributed by atoms with Gasteiger partial charge in [-0.3, -0.25) is 0 Å². The van der Waals surface area contributed by atoms with Crippen molar-refractivity contribution in [1.29, 1.82) is 0 Å². The Hall–Kier alpha value is -1.46. The fraction of sp³-hybridized carbons (Fsp3) is 0.750. The van der Waals surface area contributed by atoms with Gasteiger partial charge >= 0.3 is 6.03 Å². The summed E-state index contributed by atoms with van der Waals surface area (Å²) in [6.07, 6.45) is 1.12. The van der Waals surface area contributed by atoms with Crippen LogP contribution in [0.4, 0.5) is 4.79 Å². The Bertz CT molecular complexity index is 223. The zero-order chi connectivity index (χ0) is 11.2. The van der Waals surface area contributed by atoms with Crippen LogP contribution >= 0.6 is 0 Å². The number of nitrogens with one attached hydrogen (secondary N) is 2. The highest BCUT2D eigenvalue weighted by Gasteiger charge is 2.32. The third-order valence-corrected chi connectivity index (χ3v) is 2.39. The summed E-state index contributed by atoms with van der Waals surface area (Å²) in [7, 11) is 1.51. The average molecular weight is 202 g/mol. The highest BCUT2D eigenvalue weighted by molar-refractivity contribution is 5.93. The molecule has 0 heterocycles. The second-order valence-electron chi connectivity index (χ2n) is 2.98. The van der Waals surface area contributed by atoms with Gasteiger partial charge in [0.25, 0.3) is 0 Å². The van der Waals surface area contributed by atoms with Crippen molar-refractivity contribution < 1.29 is 10.0 Å². The van der Waals surface area contributed by atoms with Gasteiger partial charge in [0, 0.05) is 7.05 Å². The first-order chi connectivity index (χ1) is 6.56. The van der Waals surface area contributed by atoms with E-state index in [1.807, 2.05) is 13.8 Å². The van der Waals surface area contributed by atoms with Crippen molar-refractivity contribution in [3.05, 3.63) is 0 Å². The lowest BCUT2D eigenvalue weighted by molar-refractivity contribution is 0.232. The smallest absolute Gasteiger partial charge is 0.315 e. The molecule has 6 nitrogen and oxygen atoms in total. The maximum Gasteiger partial charge on any atom is 0.315 e. The van der Waals surface area contributed by atoms with Gasteiger partial charge in [0.05, 0.1) is 0 Å². The van der Waals surface area contributed by atoms with Gasteiger partial charge in [-0.05, 0) is 12.8 Å². The number of amides is 2. The molecule has 0 aliphatic carbocycles. The van der Waals surface area contributed by atoms with Crippen LogP contribution in [0.2, 0.25) is 0 Å². The number of urea groups is 1. The van der Waals surface area contributed by atoms with Gasteiger partial charge in [-0.15, -0.1) is 0 Å². The fourth-order valence-electron chi connectivity index (χ4n) is 1.23. The SMILES string of the molecule is CCC(CC)(NC(=O)NC)C(N)=NO. The minimum Gasteiger partial charge on any atom is -0.409 e. The van der Waals surface area contributed by atoms with Gasteiger partial charge in [0.2, 0.25) is 0 Å². The molecule has 0 aromatic rings. The van der Waals surface area contributed by atoms with Gasteiger partial charge in [-0.1, -0.05) is 19.0 Å². The number of carbonyl (C=O) groups excluding carboxylic acids is 1. The van der Waals surface area contributed by atoms with Crippen LogP contribution in [0.1, 0.15) is 26.7 Å². The van der Waals surface area contributed by atoms with Crippen molar-refractivity contribution in [2.24, 2.45) is 10.9 Å². The summed E-state index contributed by atoms with van der Waals surface area (Å²) in [4.78, 5) is 11.2. The molecule has 5 N–H and O–H groups in total. The standard InChI is InChI=1S/C8H18N4O2/c1-4-8(5-2,6(9)12-14)11-7(13)10-3/h14H,4-5H2,1-3H3,(H2,9,12)(H2,10,11,13). The summed E-state index contributed by atoms with van der Waals surface area (Å²) >= 11 is 0. The first-order valence-electron chi connectivity index (χ1n) is 4.54. The van der Waals surface area contributed by atoms with Crippen LogP contribution in [0.25, 0.3) is 0 Å². The Kier molecular flexibility index (Phi) is 4.76. The number of rotatable bonds is 4. The van der Waals surface area contributed by atoms with Crippen LogP contribution in [0.15, 0.2) is 5.16 Å². The molecule has 0 saturated carbocycles. The van der Waals surface area contributed by atoms with Crippen LogP contribution in [-0.4, -0.2) is 29.7 Å². The molecule has 0 aromatic heterocycles. The maximum atomic E-state index is 11.2. The third kappa shape index (κ3) is 2.51. The van der Waals surface area contributed by atoms with Gasteiger partial charge in [-0.2, -0.15) is 0 Å². The maximum absolute atomic E-state index is 11.2. The lowest BCUT2D eigenvalue weighted by Gasteiger charge is -2.30. The molecule has 0 atom stereocenters. The molecule has 0 fully saturated rings. The Balaban J connectivity index is 4.79. The van der Waals surface area contributed by atoms with Crippen LogP contribution in [0, 0.1) is 0 Å². The number of amidine groups is 1. The molecule has 0 saturated heterocycles. The molecule has 0 aromatic carbocycles.